The second-order valence-corrected chi connectivity index (χ2v) is 4.65. The first-order chi connectivity index (χ1) is 8.64. The minimum atomic E-state index is -0.581. The van der Waals surface area contributed by atoms with Crippen LogP contribution in [0.15, 0.2) is 18.2 Å². The average Bonchev–Trinajstić information content (AvgIpc) is 2.30. The van der Waals surface area contributed by atoms with Crippen molar-refractivity contribution in [2.24, 2.45) is 0 Å². The molecule has 1 fully saturated rings. The summed E-state index contributed by atoms with van der Waals surface area (Å²) < 4.78 is 10.6. The monoisotopic (exact) mass is 244 g/mol. The topological polar surface area (TPSA) is 71.3 Å². The van der Waals surface area contributed by atoms with E-state index in [0.717, 1.165) is 5.56 Å². The maximum atomic E-state index is 11.5. The lowest BCUT2D eigenvalue weighted by Gasteiger charge is -2.36. The van der Waals surface area contributed by atoms with E-state index in [1.165, 1.54) is 0 Å². The third-order valence-electron chi connectivity index (χ3n) is 3.37. The van der Waals surface area contributed by atoms with Gasteiger partial charge in [-0.1, -0.05) is 6.07 Å². The molecule has 0 spiro atoms. The summed E-state index contributed by atoms with van der Waals surface area (Å²) in [7, 11) is 0. The van der Waals surface area contributed by atoms with Crippen molar-refractivity contribution in [3.8, 4) is 11.8 Å². The van der Waals surface area contributed by atoms with Crippen molar-refractivity contribution in [3.63, 3.8) is 0 Å². The van der Waals surface area contributed by atoms with Gasteiger partial charge in [-0.05, 0) is 24.6 Å². The fourth-order valence-corrected chi connectivity index (χ4v) is 2.11. The normalized spacial score (nSPS) is 24.0. The van der Waals surface area contributed by atoms with E-state index in [1.54, 1.807) is 19.1 Å². The average molecular weight is 244 g/mol. The molecule has 2 aliphatic heterocycles. The molecule has 1 N–H and O–H groups in total. The van der Waals surface area contributed by atoms with Crippen molar-refractivity contribution < 1.29 is 14.3 Å². The molecule has 0 aliphatic carbocycles. The standard InChI is InChI=1S/C13H12N2O3/c1-8-12(16)15-10-4-9(2-3-11(10)18-8)13(5-14)6-17-7-13/h2-4,8H,6-7H2,1H3,(H,15,16). The summed E-state index contributed by atoms with van der Waals surface area (Å²) in [5.74, 6) is 0.467. The molecule has 1 atom stereocenters. The minimum Gasteiger partial charge on any atom is -0.479 e. The summed E-state index contributed by atoms with van der Waals surface area (Å²) in [4.78, 5) is 11.5. The molecule has 0 radical (unpaired) electrons. The number of amides is 1. The fourth-order valence-electron chi connectivity index (χ4n) is 2.11. The van der Waals surface area contributed by atoms with Crippen molar-refractivity contribution in [1.82, 2.24) is 0 Å². The van der Waals surface area contributed by atoms with E-state index in [2.05, 4.69) is 11.4 Å². The Labute approximate surface area is 104 Å². The van der Waals surface area contributed by atoms with E-state index < -0.39 is 11.5 Å². The molecule has 0 aromatic heterocycles. The summed E-state index contributed by atoms with van der Waals surface area (Å²) in [6.45, 7) is 2.49. The van der Waals surface area contributed by atoms with E-state index >= 15 is 0 Å². The lowest BCUT2D eigenvalue weighted by atomic mass is 9.80. The predicted octanol–water partition coefficient (Wildman–Crippen LogP) is 1.20. The van der Waals surface area contributed by atoms with Crippen LogP contribution in [0, 0.1) is 11.3 Å². The Kier molecular flexibility index (Phi) is 2.28. The second kappa shape index (κ2) is 3.72. The molecule has 1 unspecified atom stereocenters. The molecule has 3 rings (SSSR count). The molecule has 18 heavy (non-hydrogen) atoms. The van der Waals surface area contributed by atoms with Gasteiger partial charge in [-0.3, -0.25) is 4.79 Å². The van der Waals surface area contributed by atoms with E-state index in [9.17, 15) is 10.1 Å². The Morgan fingerprint density at radius 1 is 1.50 bits per heavy atom. The van der Waals surface area contributed by atoms with Gasteiger partial charge in [-0.25, -0.2) is 0 Å². The molecule has 1 aromatic rings. The summed E-state index contributed by atoms with van der Waals surface area (Å²) >= 11 is 0. The van der Waals surface area contributed by atoms with Crippen LogP contribution in [0.3, 0.4) is 0 Å². The van der Waals surface area contributed by atoms with Gasteiger partial charge >= 0.3 is 0 Å². The SMILES string of the molecule is CC1Oc2ccc(C3(C#N)COC3)cc2NC1=O. The number of carbonyl (C=O) groups excluding carboxylic acids is 1. The van der Waals surface area contributed by atoms with E-state index in [-0.39, 0.29) is 5.91 Å². The Hall–Kier alpha value is -2.06. The first-order valence-corrected chi connectivity index (χ1v) is 5.76. The maximum absolute atomic E-state index is 11.5. The minimum absolute atomic E-state index is 0.171. The van der Waals surface area contributed by atoms with Gasteiger partial charge < -0.3 is 14.8 Å². The molecule has 2 heterocycles. The van der Waals surface area contributed by atoms with E-state index in [1.807, 2.05) is 6.07 Å². The van der Waals surface area contributed by atoms with Gasteiger partial charge in [0.25, 0.3) is 5.91 Å². The van der Waals surface area contributed by atoms with Crippen LogP contribution in [0.1, 0.15) is 12.5 Å². The van der Waals surface area contributed by atoms with Gasteiger partial charge in [-0.2, -0.15) is 5.26 Å². The molecule has 1 amide bonds. The van der Waals surface area contributed by atoms with Gasteiger partial charge in [0.05, 0.1) is 25.0 Å². The first kappa shape index (κ1) is 11.1. The lowest BCUT2D eigenvalue weighted by Crippen LogP contribution is -2.45. The van der Waals surface area contributed by atoms with Crippen LogP contribution in [0.25, 0.3) is 0 Å². The number of fused-ring (bicyclic) bond motifs is 1. The number of hydrogen-bond donors (Lipinski definition) is 1. The number of anilines is 1. The highest BCUT2D eigenvalue weighted by Gasteiger charge is 2.41. The van der Waals surface area contributed by atoms with Gasteiger partial charge in [0.2, 0.25) is 0 Å². The van der Waals surface area contributed by atoms with Gasteiger partial charge in [0, 0.05) is 0 Å². The van der Waals surface area contributed by atoms with Crippen molar-refractivity contribution in [2.75, 3.05) is 18.5 Å². The highest BCUT2D eigenvalue weighted by molar-refractivity contribution is 5.97. The molecule has 1 aromatic carbocycles. The Morgan fingerprint density at radius 3 is 2.89 bits per heavy atom. The summed E-state index contributed by atoms with van der Waals surface area (Å²) in [5.41, 5.74) is 0.897. The zero-order valence-corrected chi connectivity index (χ0v) is 9.90. The Balaban J connectivity index is 1.99. The van der Waals surface area contributed by atoms with Crippen molar-refractivity contribution in [2.45, 2.75) is 18.4 Å². The zero-order valence-electron chi connectivity index (χ0n) is 9.90. The van der Waals surface area contributed by atoms with Crippen LogP contribution in [0.4, 0.5) is 5.69 Å². The van der Waals surface area contributed by atoms with Crippen molar-refractivity contribution in [3.05, 3.63) is 23.8 Å². The number of nitriles is 1. The quantitative estimate of drug-likeness (QED) is 0.805. The number of nitrogens with one attached hydrogen (secondary N) is 1. The van der Waals surface area contributed by atoms with Crippen LogP contribution in [0.2, 0.25) is 0 Å². The molecular formula is C13H12N2O3. The second-order valence-electron chi connectivity index (χ2n) is 4.65. The maximum Gasteiger partial charge on any atom is 0.265 e. The van der Waals surface area contributed by atoms with Crippen LogP contribution < -0.4 is 10.1 Å². The molecule has 1 saturated heterocycles. The summed E-state index contributed by atoms with van der Waals surface area (Å²) in [6, 6.07) is 7.72. The fraction of sp³-hybridized carbons (Fsp3) is 0.385. The third kappa shape index (κ3) is 1.46. The predicted molar refractivity (Wildman–Crippen MR) is 63.3 cm³/mol. The number of ether oxygens (including phenoxy) is 2. The highest BCUT2D eigenvalue weighted by atomic mass is 16.5. The molecule has 5 nitrogen and oxygen atoms in total. The van der Waals surface area contributed by atoms with Crippen LogP contribution in [-0.4, -0.2) is 25.2 Å². The summed E-state index contributed by atoms with van der Waals surface area (Å²) in [5, 5.41) is 12.0. The third-order valence-corrected chi connectivity index (χ3v) is 3.37. The molecule has 92 valence electrons. The van der Waals surface area contributed by atoms with Gasteiger partial charge in [-0.15, -0.1) is 0 Å². The number of hydrogen-bond acceptors (Lipinski definition) is 4. The molecule has 2 aliphatic rings. The number of nitrogens with zero attached hydrogens (tertiary/aromatic N) is 1. The van der Waals surface area contributed by atoms with Gasteiger partial charge in [0.15, 0.2) is 6.10 Å². The van der Waals surface area contributed by atoms with Gasteiger partial charge in [0.1, 0.15) is 11.2 Å². The van der Waals surface area contributed by atoms with Crippen LogP contribution >= 0.6 is 0 Å². The molecular weight excluding hydrogens is 232 g/mol. The van der Waals surface area contributed by atoms with Crippen molar-refractivity contribution >= 4 is 11.6 Å². The largest absolute Gasteiger partial charge is 0.479 e. The highest BCUT2D eigenvalue weighted by Crippen LogP contribution is 2.37. The zero-order chi connectivity index (χ0) is 12.8. The number of carbonyl (C=O) groups is 1. The summed E-state index contributed by atoms with van der Waals surface area (Å²) in [6.07, 6.45) is -0.486. The molecule has 5 heteroatoms. The van der Waals surface area contributed by atoms with Crippen molar-refractivity contribution in [1.29, 1.82) is 5.26 Å². The molecule has 0 bridgehead atoms. The number of benzene rings is 1. The van der Waals surface area contributed by atoms with Crippen LogP contribution in [-0.2, 0) is 14.9 Å². The Morgan fingerprint density at radius 2 is 2.28 bits per heavy atom. The number of rotatable bonds is 1. The van der Waals surface area contributed by atoms with Crippen LogP contribution in [0.5, 0.6) is 5.75 Å². The lowest BCUT2D eigenvalue weighted by molar-refractivity contribution is -0.122. The van der Waals surface area contributed by atoms with E-state index in [4.69, 9.17) is 9.47 Å². The van der Waals surface area contributed by atoms with E-state index in [0.29, 0.717) is 24.7 Å². The molecule has 0 saturated carbocycles. The smallest absolute Gasteiger partial charge is 0.265 e. The Bertz CT molecular complexity index is 558. The first-order valence-electron chi connectivity index (χ1n) is 5.76.